The Kier molecular flexibility index (Phi) is 3.57. The van der Waals surface area contributed by atoms with Crippen LogP contribution in [0.25, 0.3) is 0 Å². The molecule has 3 nitrogen and oxygen atoms in total. The summed E-state index contributed by atoms with van der Waals surface area (Å²) in [6, 6.07) is 0. The van der Waals surface area contributed by atoms with Gasteiger partial charge in [-0.3, -0.25) is 9.59 Å². The van der Waals surface area contributed by atoms with E-state index in [2.05, 4.69) is 46.9 Å². The zero-order chi connectivity index (χ0) is 17.2. The van der Waals surface area contributed by atoms with Crippen LogP contribution in [0.1, 0.15) is 40.5 Å². The lowest BCUT2D eigenvalue weighted by Crippen LogP contribution is -2.55. The number of hydrogen-bond acceptors (Lipinski definition) is 3. The molecule has 0 saturated heterocycles. The second kappa shape index (κ2) is 4.92. The summed E-state index contributed by atoms with van der Waals surface area (Å²) in [5.74, 6) is 0.960. The number of ketones is 2. The van der Waals surface area contributed by atoms with Gasteiger partial charge in [-0.15, -0.1) is 0 Å². The van der Waals surface area contributed by atoms with Crippen molar-refractivity contribution < 1.29 is 14.0 Å². The van der Waals surface area contributed by atoms with E-state index in [4.69, 9.17) is 4.43 Å². The van der Waals surface area contributed by atoms with E-state index >= 15 is 0 Å². The van der Waals surface area contributed by atoms with Gasteiger partial charge >= 0.3 is 0 Å². The van der Waals surface area contributed by atoms with Crippen LogP contribution in [0.2, 0.25) is 18.1 Å². The zero-order valence-corrected chi connectivity index (χ0v) is 16.1. The minimum atomic E-state index is -1.95. The van der Waals surface area contributed by atoms with Crippen LogP contribution in [0.15, 0.2) is 24.0 Å². The van der Waals surface area contributed by atoms with Gasteiger partial charge in [0, 0.05) is 17.3 Å². The summed E-state index contributed by atoms with van der Waals surface area (Å²) in [5.41, 5.74) is -0.327. The van der Waals surface area contributed by atoms with Crippen molar-refractivity contribution in [2.45, 2.75) is 58.7 Å². The number of fused-ring (bicyclic) bond motifs is 1. The number of allylic oxidation sites excluding steroid dienone is 4. The third-order valence-corrected chi connectivity index (χ3v) is 11.0. The van der Waals surface area contributed by atoms with Gasteiger partial charge in [-0.25, -0.2) is 0 Å². The number of rotatable bonds is 2. The van der Waals surface area contributed by atoms with Crippen LogP contribution >= 0.6 is 0 Å². The average Bonchev–Trinajstić information content (AvgIpc) is 2.42. The average molecular weight is 333 g/mol. The van der Waals surface area contributed by atoms with E-state index in [1.807, 2.05) is 0 Å². The second-order valence-corrected chi connectivity index (χ2v) is 13.9. The van der Waals surface area contributed by atoms with Crippen molar-refractivity contribution in [3.63, 3.8) is 0 Å². The van der Waals surface area contributed by atoms with Gasteiger partial charge in [-0.05, 0) is 55.1 Å². The molecule has 126 valence electrons. The van der Waals surface area contributed by atoms with Crippen LogP contribution in [0.5, 0.6) is 0 Å². The molecule has 0 radical (unpaired) electrons. The summed E-state index contributed by atoms with van der Waals surface area (Å²) >= 11 is 0. The minimum Gasteiger partial charge on any atom is -0.546 e. The first-order valence-corrected chi connectivity index (χ1v) is 11.6. The van der Waals surface area contributed by atoms with Crippen molar-refractivity contribution in [1.82, 2.24) is 0 Å². The molecule has 0 aromatic heterocycles. The van der Waals surface area contributed by atoms with Crippen molar-refractivity contribution in [2.24, 2.45) is 23.2 Å². The summed E-state index contributed by atoms with van der Waals surface area (Å²) in [4.78, 5) is 24.9. The fourth-order valence-electron chi connectivity index (χ4n) is 4.12. The standard InChI is InChI=1S/C19H28O3Si/c1-18(2,3)23(5,6)22-15-11-12-9-10-19(15,4)17-14(21)8-7-13(20)16(12)17/h7-8,11-12,16-17H,9-10H2,1-6H3/t12-,16-,17+,19+/m0/s1. The normalized spacial score (nSPS) is 36.8. The number of hydrogen-bond donors (Lipinski definition) is 0. The van der Waals surface area contributed by atoms with Gasteiger partial charge in [0.15, 0.2) is 11.6 Å². The quantitative estimate of drug-likeness (QED) is 0.710. The molecule has 4 aliphatic rings. The monoisotopic (exact) mass is 332 g/mol. The third-order valence-electron chi connectivity index (χ3n) is 6.65. The van der Waals surface area contributed by atoms with E-state index in [0.29, 0.717) is 0 Å². The maximum Gasteiger partial charge on any atom is 0.250 e. The SMILES string of the molecule is CC(C)(C)[Si](C)(C)OC1=C[C@@H]2CC[C@@]1(C)[C@@H]1C(=O)C=CC(=O)[C@H]21. The van der Waals surface area contributed by atoms with Crippen LogP contribution in [0, 0.1) is 23.2 Å². The molecule has 0 spiro atoms. The van der Waals surface area contributed by atoms with Crippen molar-refractivity contribution in [1.29, 1.82) is 0 Å². The highest BCUT2D eigenvalue weighted by molar-refractivity contribution is 6.74. The van der Waals surface area contributed by atoms with Crippen LogP contribution in [0.3, 0.4) is 0 Å². The fraction of sp³-hybridized carbons (Fsp3) is 0.684. The molecule has 0 aliphatic heterocycles. The smallest absolute Gasteiger partial charge is 0.250 e. The van der Waals surface area contributed by atoms with Gasteiger partial charge in [-0.1, -0.05) is 27.7 Å². The first-order chi connectivity index (χ1) is 10.5. The van der Waals surface area contributed by atoms with Gasteiger partial charge in [0.1, 0.15) is 0 Å². The molecular weight excluding hydrogens is 304 g/mol. The van der Waals surface area contributed by atoms with E-state index < -0.39 is 8.32 Å². The maximum atomic E-state index is 12.6. The molecule has 0 unspecified atom stereocenters. The van der Waals surface area contributed by atoms with E-state index in [0.717, 1.165) is 18.6 Å². The highest BCUT2D eigenvalue weighted by Gasteiger charge is 2.59. The van der Waals surface area contributed by atoms with E-state index in [1.165, 1.54) is 12.2 Å². The summed E-state index contributed by atoms with van der Waals surface area (Å²) < 4.78 is 6.63. The van der Waals surface area contributed by atoms with Crippen molar-refractivity contribution >= 4 is 19.9 Å². The first-order valence-electron chi connectivity index (χ1n) is 8.64. The molecule has 1 saturated carbocycles. The molecule has 4 rings (SSSR count). The Bertz CT molecular complexity index is 623. The molecule has 0 amide bonds. The van der Waals surface area contributed by atoms with Crippen LogP contribution < -0.4 is 0 Å². The van der Waals surface area contributed by atoms with Crippen LogP contribution in [-0.4, -0.2) is 19.9 Å². The maximum absolute atomic E-state index is 12.6. The molecule has 23 heavy (non-hydrogen) atoms. The van der Waals surface area contributed by atoms with Crippen molar-refractivity contribution in [3.8, 4) is 0 Å². The lowest BCUT2D eigenvalue weighted by molar-refractivity contribution is -0.140. The van der Waals surface area contributed by atoms with E-state index in [-0.39, 0.29) is 39.8 Å². The van der Waals surface area contributed by atoms with Gasteiger partial charge in [-0.2, -0.15) is 0 Å². The summed E-state index contributed by atoms with van der Waals surface area (Å²) in [6.07, 6.45) is 7.06. The van der Waals surface area contributed by atoms with Crippen LogP contribution in [-0.2, 0) is 14.0 Å². The third kappa shape index (κ3) is 2.37. The first kappa shape index (κ1) is 16.7. The Morgan fingerprint density at radius 2 is 1.78 bits per heavy atom. The fourth-order valence-corrected chi connectivity index (χ4v) is 5.27. The predicted octanol–water partition coefficient (Wildman–Crippen LogP) is 4.26. The molecule has 0 aromatic carbocycles. The van der Waals surface area contributed by atoms with Crippen LogP contribution in [0.4, 0.5) is 0 Å². The Morgan fingerprint density at radius 3 is 2.39 bits per heavy atom. The molecule has 0 N–H and O–H groups in total. The lowest BCUT2D eigenvalue weighted by Gasteiger charge is -2.55. The van der Waals surface area contributed by atoms with E-state index in [1.54, 1.807) is 0 Å². The second-order valence-electron chi connectivity index (χ2n) is 9.15. The van der Waals surface area contributed by atoms with Gasteiger partial charge in [0.05, 0.1) is 5.76 Å². The number of carbonyl (C=O) groups excluding carboxylic acids is 2. The van der Waals surface area contributed by atoms with Gasteiger partial charge < -0.3 is 4.43 Å². The summed E-state index contributed by atoms with van der Waals surface area (Å²) in [6.45, 7) is 13.3. The largest absolute Gasteiger partial charge is 0.546 e. The summed E-state index contributed by atoms with van der Waals surface area (Å²) in [7, 11) is -1.95. The lowest BCUT2D eigenvalue weighted by atomic mass is 9.51. The number of carbonyl (C=O) groups is 2. The van der Waals surface area contributed by atoms with Gasteiger partial charge in [0.2, 0.25) is 8.32 Å². The molecule has 4 atom stereocenters. The summed E-state index contributed by atoms with van der Waals surface area (Å²) in [5, 5.41) is 0.118. The Labute approximate surface area is 140 Å². The molecule has 2 bridgehead atoms. The molecule has 1 fully saturated rings. The Morgan fingerprint density at radius 1 is 1.17 bits per heavy atom. The molecule has 0 aromatic rings. The zero-order valence-electron chi connectivity index (χ0n) is 15.1. The van der Waals surface area contributed by atoms with E-state index in [9.17, 15) is 9.59 Å². The minimum absolute atomic E-state index is 0.103. The topological polar surface area (TPSA) is 43.4 Å². The molecule has 0 heterocycles. The Hall–Kier alpha value is -1.16. The molecular formula is C19H28O3Si. The highest BCUT2D eigenvalue weighted by atomic mass is 28.4. The van der Waals surface area contributed by atoms with Crippen molar-refractivity contribution in [2.75, 3.05) is 0 Å². The Balaban J connectivity index is 2.01. The molecule has 4 heteroatoms. The predicted molar refractivity (Wildman–Crippen MR) is 93.3 cm³/mol. The molecule has 4 aliphatic carbocycles. The van der Waals surface area contributed by atoms with Crippen molar-refractivity contribution in [3.05, 3.63) is 24.0 Å². The van der Waals surface area contributed by atoms with Gasteiger partial charge in [0.25, 0.3) is 0 Å². The highest BCUT2D eigenvalue weighted by Crippen LogP contribution is 2.59.